The number of imide groups is 1. The van der Waals surface area contributed by atoms with Crippen molar-refractivity contribution in [2.24, 2.45) is 5.73 Å². The number of likely N-dealkylation sites (N-methyl/N-ethyl adjacent to an activating group) is 3. The van der Waals surface area contributed by atoms with Crippen LogP contribution in [0.15, 0.2) is 71.9 Å². The van der Waals surface area contributed by atoms with Gasteiger partial charge < -0.3 is 124 Å². The molecule has 39 heteroatoms. The molecule has 0 radical (unpaired) electrons. The number of carbonyl (C=O) groups excluding carboxylic acids is 10. The number of cyclic esters (lactones) is 2. The summed E-state index contributed by atoms with van der Waals surface area (Å²) in [4.78, 5) is 141. The number of esters is 5. The fraction of sp³-hybridized carbons (Fsp3) is 0.593. The molecular formula is C86H109Cl2N7O30. The summed E-state index contributed by atoms with van der Waals surface area (Å²) in [5.41, 5.74) is 8.03. The SMILES string of the molecule is C.CC1(C)OC(=O)[C@H](CC(=O)ON2C(=O)CCC2=O)O1.CN1CC[C@]23c4c5ccc(CO)c4O[C@H]2C(OC(=O)CCN)=CC[C@@]3(O)[C@H]1C5.CN1CC[C@]23c4c5ccc(CO)c4O[C@H]2C(OC(=O)CCNC(=O)C[C@@H]2OC(C)(C)OC2=O)=CC[C@@]3(O)[C@H]1C5.CN1CC[C@]23c4c5ccc(CO)c4O[C@H]2C(OC(=O)CCNC(=O)C[C@H](O)C(=O)O)=CC[C@@]3(O)[C@H]1C5.Cl.Cl. The number of halogens is 2. The number of carboxylic acids is 1. The molecule has 6 aliphatic carbocycles. The smallest absolute Gasteiger partial charge is 0.338 e. The minimum atomic E-state index is -1.81. The monoisotopic (exact) mass is 1790 g/mol. The largest absolute Gasteiger partial charge is 0.481 e. The number of hydroxylamine groups is 2. The van der Waals surface area contributed by atoms with Gasteiger partial charge in [0.1, 0.15) is 34.5 Å². The first kappa shape index (κ1) is 94.8. The van der Waals surface area contributed by atoms with Gasteiger partial charge in [0.05, 0.1) is 91.4 Å². The highest BCUT2D eigenvalue weighted by atomic mass is 35.5. The van der Waals surface area contributed by atoms with Gasteiger partial charge in [-0.05, 0) is 114 Å². The van der Waals surface area contributed by atoms with Crippen molar-refractivity contribution >= 4 is 90.2 Å². The third kappa shape index (κ3) is 16.1. The van der Waals surface area contributed by atoms with Crippen molar-refractivity contribution in [3.05, 3.63) is 122 Å². The van der Waals surface area contributed by atoms with E-state index in [-0.39, 0.29) is 135 Å². The number of aliphatic carboxylic acids is 1. The summed E-state index contributed by atoms with van der Waals surface area (Å²) in [5, 5.41) is 89.5. The van der Waals surface area contributed by atoms with Crippen LogP contribution in [0.25, 0.3) is 0 Å². The molecule has 682 valence electrons. The summed E-state index contributed by atoms with van der Waals surface area (Å²) in [6.45, 7) is 8.13. The molecule has 0 aromatic heterocycles. The Labute approximate surface area is 731 Å². The van der Waals surface area contributed by atoms with Crippen LogP contribution in [0.1, 0.15) is 175 Å². The molecule has 18 rings (SSSR count). The lowest BCUT2D eigenvalue weighted by Gasteiger charge is -2.61. The van der Waals surface area contributed by atoms with Gasteiger partial charge in [-0.2, -0.15) is 0 Å². The normalized spacial score (nSPS) is 31.0. The van der Waals surface area contributed by atoms with Crippen molar-refractivity contribution in [1.82, 2.24) is 30.4 Å². The van der Waals surface area contributed by atoms with Gasteiger partial charge in [0.15, 0.2) is 36.6 Å². The molecular weight excluding hydrogens is 1680 g/mol. The van der Waals surface area contributed by atoms with Crippen LogP contribution in [0.3, 0.4) is 0 Å². The third-order valence-corrected chi connectivity index (χ3v) is 26.9. The van der Waals surface area contributed by atoms with Crippen LogP contribution in [0.4, 0.5) is 0 Å². The zero-order valence-electron chi connectivity index (χ0n) is 69.5. The molecule has 37 nitrogen and oxygen atoms in total. The van der Waals surface area contributed by atoms with Crippen LogP contribution in [-0.2, 0) is 146 Å². The third-order valence-electron chi connectivity index (χ3n) is 26.9. The Morgan fingerprint density at radius 1 is 0.520 bits per heavy atom. The molecule has 4 amide bonds. The lowest BCUT2D eigenvalue weighted by atomic mass is 9.50. The molecule has 12 N–H and O–H groups in total. The van der Waals surface area contributed by atoms with Crippen LogP contribution in [0.5, 0.6) is 17.2 Å². The molecule has 6 bridgehead atoms. The molecule has 3 aromatic rings. The second-order valence-corrected chi connectivity index (χ2v) is 34.7. The molecule has 9 heterocycles. The van der Waals surface area contributed by atoms with Crippen LogP contribution in [0.2, 0.25) is 0 Å². The zero-order chi connectivity index (χ0) is 87.5. The predicted molar refractivity (Wildman–Crippen MR) is 436 cm³/mol. The fourth-order valence-corrected chi connectivity index (χ4v) is 21.4. The van der Waals surface area contributed by atoms with E-state index in [2.05, 4.69) is 37.2 Å². The van der Waals surface area contributed by atoms with Crippen LogP contribution >= 0.6 is 24.8 Å². The van der Waals surface area contributed by atoms with Gasteiger partial charge >= 0.3 is 41.8 Å². The molecule has 15 aliphatic rings. The number of nitrogens with two attached hydrogens (primary N) is 1. The number of piperidine rings is 3. The van der Waals surface area contributed by atoms with Crippen LogP contribution in [0, 0.1) is 0 Å². The number of ether oxygens (including phenoxy) is 10. The number of hydrogen-bond acceptors (Lipinski definition) is 33. The predicted octanol–water partition coefficient (Wildman–Crippen LogP) is 1.41. The van der Waals surface area contributed by atoms with E-state index in [4.69, 9.17) is 58.2 Å². The number of amides is 4. The van der Waals surface area contributed by atoms with Crippen LogP contribution < -0.4 is 30.6 Å². The Bertz CT molecular complexity index is 4930. The van der Waals surface area contributed by atoms with Gasteiger partial charge in [0.25, 0.3) is 11.8 Å². The van der Waals surface area contributed by atoms with Crippen LogP contribution in [-0.4, -0.2) is 270 Å². The Balaban J connectivity index is 0.000000155. The number of carboxylic acid groups (broad SMARTS) is 1. The van der Waals surface area contributed by atoms with Gasteiger partial charge in [0.2, 0.25) is 23.4 Å². The minimum absolute atomic E-state index is 0. The van der Waals surface area contributed by atoms with E-state index in [0.717, 1.165) is 59.4 Å². The van der Waals surface area contributed by atoms with Crippen molar-refractivity contribution in [3.8, 4) is 17.2 Å². The molecule has 0 saturated carbocycles. The lowest BCUT2D eigenvalue weighted by molar-refractivity contribution is -0.200. The standard InChI is InChI=1S/C28H34N2O9.C25H30N2O9.C21H26N2O5.C11H13NO7.CH4.2ClH/c1-26(2)38-18(25(34)39-26)13-20(32)29-10-7-21(33)36-17-6-8-28(35)19-12-15-4-5-16(14-31)23-22(15)27(28,24(17)37-23)9-11-30(19)3;1-27-9-7-24-20-13-2-3-14(12-28)21(20)36-22(24)16(4-6-25(24,34)17(27)10-13)35-19(31)5-8-26-18(30)11-15(29)23(32)33;1-23-9-7-20-17-12-2-3-13(11-24)18(17)28-19(20)14(27-16(25)5-8-22)4-6-21(20,26)15(23)10-12;1-11(2)17-6(10(16)18-11)5-9(15)19-12-7(13)3-4-8(12)14;;;/h4-6,18-19,24,31,35H,7-14H2,1-3H3,(H,29,32);2-4,15,17,22,28-29,34H,5-12H2,1H3,(H,26,30)(H,32,33);2-4,15,19,24,26H,5-11,22H2,1H3;6H,3-5H2,1-2H3;1H4;2*1H/t18-,19+,24-,27-,28+;15-,17+,22-,24-,25+;15-,19+,20+,21-;6-;;;/m0010.../s1. The number of hydrogen-bond donors (Lipinski definition) is 11. The summed E-state index contributed by atoms with van der Waals surface area (Å²) in [6, 6.07) is 11.3. The summed E-state index contributed by atoms with van der Waals surface area (Å²) in [5.74, 6) is -6.82. The number of aliphatic hydroxyl groups excluding tert-OH is 4. The molecule has 3 spiro atoms. The maximum atomic E-state index is 12.8. The molecule has 15 atom stereocenters. The van der Waals surface area contributed by atoms with Crippen molar-refractivity contribution in [1.29, 1.82) is 0 Å². The first-order valence-corrected chi connectivity index (χ1v) is 41.2. The average molecular weight is 1790 g/mol. The van der Waals surface area contributed by atoms with E-state index in [9.17, 15) is 88.5 Å². The number of carbonyl (C=O) groups is 11. The van der Waals surface area contributed by atoms with Gasteiger partial charge in [-0.15, -0.1) is 29.9 Å². The fourth-order valence-electron chi connectivity index (χ4n) is 21.4. The highest BCUT2D eigenvalue weighted by molar-refractivity contribution is 6.02. The maximum Gasteiger partial charge on any atom is 0.338 e. The number of likely N-dealkylation sites (tertiary alicyclic amines) is 3. The van der Waals surface area contributed by atoms with E-state index in [1.807, 2.05) is 50.5 Å². The second kappa shape index (κ2) is 35.7. The Morgan fingerprint density at radius 2 is 0.864 bits per heavy atom. The van der Waals surface area contributed by atoms with Crippen molar-refractivity contribution < 1.29 is 146 Å². The van der Waals surface area contributed by atoms with E-state index >= 15 is 0 Å². The lowest BCUT2D eigenvalue weighted by Crippen LogP contribution is -2.74. The average Bonchev–Trinajstić information content (AvgIpc) is 1.55. The van der Waals surface area contributed by atoms with Crippen molar-refractivity contribution in [2.75, 3.05) is 60.4 Å². The van der Waals surface area contributed by atoms with Gasteiger partial charge in [-0.25, -0.2) is 19.2 Å². The summed E-state index contributed by atoms with van der Waals surface area (Å²) in [7, 11) is 6.07. The number of benzene rings is 3. The molecule has 125 heavy (non-hydrogen) atoms. The van der Waals surface area contributed by atoms with Crippen molar-refractivity contribution in [3.63, 3.8) is 0 Å². The minimum Gasteiger partial charge on any atom is -0.481 e. The quantitative estimate of drug-likeness (QED) is 0.0385. The highest BCUT2D eigenvalue weighted by Gasteiger charge is 2.75. The Kier molecular flexibility index (Phi) is 27.1. The number of nitrogens with zero attached hydrogens (tertiary/aromatic N) is 4. The summed E-state index contributed by atoms with van der Waals surface area (Å²) < 4.78 is 56.9. The number of nitrogens with one attached hydrogen (secondary N) is 2. The van der Waals surface area contributed by atoms with Gasteiger partial charge in [-0.1, -0.05) is 43.8 Å². The van der Waals surface area contributed by atoms with Crippen molar-refractivity contribution in [2.45, 2.75) is 263 Å². The van der Waals surface area contributed by atoms with E-state index < -0.39 is 160 Å². The van der Waals surface area contributed by atoms with E-state index in [1.165, 1.54) is 13.8 Å². The topological polar surface area (TPSA) is 514 Å². The number of rotatable bonds is 22. The molecule has 6 fully saturated rings. The van der Waals surface area contributed by atoms with E-state index in [1.54, 1.807) is 32.1 Å². The first-order chi connectivity index (χ1) is 57.8. The molecule has 9 aliphatic heterocycles. The maximum absolute atomic E-state index is 12.8. The Hall–Kier alpha value is -9.29. The summed E-state index contributed by atoms with van der Waals surface area (Å²) in [6.07, 6.45) is 2.91. The second-order valence-electron chi connectivity index (χ2n) is 34.7. The summed E-state index contributed by atoms with van der Waals surface area (Å²) >= 11 is 0. The van der Waals surface area contributed by atoms with Gasteiger partial charge in [0, 0.05) is 131 Å². The zero-order valence-corrected chi connectivity index (χ0v) is 71.2. The Morgan fingerprint density at radius 3 is 1.19 bits per heavy atom. The molecule has 3 aromatic carbocycles. The van der Waals surface area contributed by atoms with E-state index in [0.29, 0.717) is 101 Å². The number of aliphatic hydroxyl groups is 7. The first-order valence-electron chi connectivity index (χ1n) is 41.2. The van der Waals surface area contributed by atoms with Gasteiger partial charge in [-0.3, -0.25) is 33.6 Å². The highest BCUT2D eigenvalue weighted by Crippen LogP contribution is 2.68. The molecule has 6 saturated heterocycles. The molecule has 0 unspecified atom stereocenters.